The van der Waals surface area contributed by atoms with E-state index in [0.29, 0.717) is 6.42 Å². The molecule has 0 spiro atoms. The van der Waals surface area contributed by atoms with Crippen molar-refractivity contribution < 1.29 is 32.1 Å². The molecule has 0 bridgehead atoms. The third-order valence-electron chi connectivity index (χ3n) is 7.05. The van der Waals surface area contributed by atoms with Crippen molar-refractivity contribution in [1.82, 2.24) is 0 Å². The van der Waals surface area contributed by atoms with Gasteiger partial charge in [-0.2, -0.15) is 0 Å². The number of hydrogen-bond donors (Lipinski definition) is 2. The molecule has 0 aromatic carbocycles. The Morgan fingerprint density at radius 2 is 0.800 bits per heavy atom. The minimum Gasteiger partial charge on any atom is -0.481 e. The summed E-state index contributed by atoms with van der Waals surface area (Å²) in [7, 11) is 0. The highest BCUT2D eigenvalue weighted by Gasteiger charge is 1.97. The Bertz CT molecular complexity index is 939. The van der Waals surface area contributed by atoms with Gasteiger partial charge in [-0.3, -0.25) is 4.79 Å². The van der Waals surface area contributed by atoms with Gasteiger partial charge in [-0.05, 0) is 44.9 Å². The monoisotopic (exact) mass is 581 g/mol. The van der Waals surface area contributed by atoms with Crippen LogP contribution in [0.3, 0.4) is 0 Å². The van der Waals surface area contributed by atoms with Gasteiger partial charge in [-0.15, -0.1) is 0 Å². The maximum absolute atomic E-state index is 11.2. The van der Waals surface area contributed by atoms with Crippen LogP contribution in [-0.2, 0) is 9.59 Å². The van der Waals surface area contributed by atoms with Gasteiger partial charge in [0.05, 0.1) is 0 Å². The van der Waals surface area contributed by atoms with Crippen molar-refractivity contribution in [2.75, 3.05) is 0 Å². The summed E-state index contributed by atoms with van der Waals surface area (Å²) in [6.45, 7) is 0. The molecule has 40 heavy (non-hydrogen) atoms. The predicted octanol–water partition coefficient (Wildman–Crippen LogP) is 12.0. The first-order valence-electron chi connectivity index (χ1n) is 20.8. The van der Waals surface area contributed by atoms with Crippen LogP contribution in [0.25, 0.3) is 0 Å². The van der Waals surface area contributed by atoms with E-state index in [1.807, 2.05) is 6.08 Å². The standard InChI is InChI=1S/C36H66O4/c37-35(38)33-31-29-27-25-23-21-19-17-15-13-11-9-7-5-3-1-2-4-6-8-10-12-14-16-18-20-22-24-26-28-30-32-34-36(39)40/h17,19,32,34H,1-16,18,20-31,33H2,(H,37,38)(H,39,40)/i25T,27T2,29T2,31T2,33T2. The minimum atomic E-state index is -3.69. The zero-order chi connectivity index (χ0) is 37.2. The molecule has 0 heterocycles. The van der Waals surface area contributed by atoms with E-state index in [1.165, 1.54) is 122 Å². The number of carbonyl (C=O) groups is 2. The van der Waals surface area contributed by atoms with Crippen molar-refractivity contribution in [3.63, 3.8) is 0 Å². The molecule has 0 rings (SSSR count). The van der Waals surface area contributed by atoms with Gasteiger partial charge in [0.1, 0.15) is 0 Å². The maximum Gasteiger partial charge on any atom is 0.327 e. The lowest BCUT2D eigenvalue weighted by atomic mass is 10.0. The third-order valence-corrected chi connectivity index (χ3v) is 7.05. The first-order valence-corrected chi connectivity index (χ1v) is 16.2. The quantitative estimate of drug-likeness (QED) is 0.0460. The van der Waals surface area contributed by atoms with Gasteiger partial charge in [0.25, 0.3) is 0 Å². The number of unbranched alkanes of at least 4 members (excludes halogenated alkanes) is 22. The fraction of sp³-hybridized carbons (Fsp3) is 0.833. The first kappa shape index (κ1) is 25.0. The Morgan fingerprint density at radius 1 is 0.450 bits per heavy atom. The topological polar surface area (TPSA) is 74.6 Å². The SMILES string of the molecule is [3H]C(CCC=CCCCCCCCCCCCCCCCCCCCCCCCC=CC(=O)O)C([3H])([3H])C([3H])([3H])C([3H])([3H])C([3H])([3H])C(=O)O. The van der Waals surface area contributed by atoms with E-state index in [-0.39, 0.29) is 6.42 Å². The van der Waals surface area contributed by atoms with Gasteiger partial charge < -0.3 is 10.2 Å². The maximum atomic E-state index is 11.2. The lowest BCUT2D eigenvalue weighted by Crippen LogP contribution is -1.93. The molecule has 0 radical (unpaired) electrons. The number of aliphatic carboxylic acids is 2. The molecule has 0 amide bonds. The van der Waals surface area contributed by atoms with Crippen LogP contribution in [0.5, 0.6) is 0 Å². The van der Waals surface area contributed by atoms with Crippen molar-refractivity contribution in [3.8, 4) is 0 Å². The Morgan fingerprint density at radius 3 is 1.18 bits per heavy atom. The van der Waals surface area contributed by atoms with Gasteiger partial charge in [-0.1, -0.05) is 159 Å². The second-order valence-electron chi connectivity index (χ2n) is 10.8. The van der Waals surface area contributed by atoms with Gasteiger partial charge in [0.2, 0.25) is 0 Å². The van der Waals surface area contributed by atoms with Crippen molar-refractivity contribution in [3.05, 3.63) is 24.3 Å². The van der Waals surface area contributed by atoms with Crippen molar-refractivity contribution >= 4 is 11.9 Å². The normalized spacial score (nSPS) is 17.2. The number of rotatable bonds is 33. The molecule has 0 aromatic rings. The minimum absolute atomic E-state index is 0.1000. The average Bonchev–Trinajstić information content (AvgIpc) is 3.03. The summed E-state index contributed by atoms with van der Waals surface area (Å²) in [5, 5.41) is 17.5. The third kappa shape index (κ3) is 36.4. The molecule has 4 nitrogen and oxygen atoms in total. The summed E-state index contributed by atoms with van der Waals surface area (Å²) < 4.78 is 70.4. The average molecular weight is 581 g/mol. The molecule has 4 heteroatoms. The van der Waals surface area contributed by atoms with E-state index < -0.39 is 43.8 Å². The van der Waals surface area contributed by atoms with Crippen LogP contribution in [-0.4, -0.2) is 22.2 Å². The molecule has 0 aromatic heterocycles. The molecule has 0 saturated carbocycles. The first-order chi connectivity index (χ1) is 23.0. The summed E-state index contributed by atoms with van der Waals surface area (Å²) in [4.78, 5) is 21.6. The second-order valence-corrected chi connectivity index (χ2v) is 10.8. The summed E-state index contributed by atoms with van der Waals surface area (Å²) in [6, 6.07) is 0. The number of carboxylic acids is 2. The van der Waals surface area contributed by atoms with Crippen molar-refractivity contribution in [1.29, 1.82) is 0 Å². The fourth-order valence-electron chi connectivity index (χ4n) is 4.73. The zero-order valence-electron chi connectivity index (χ0n) is 34.3. The number of carboxylic acid groups (broad SMARTS) is 2. The number of hydrogen-bond acceptors (Lipinski definition) is 2. The van der Waals surface area contributed by atoms with E-state index in [1.54, 1.807) is 12.2 Å². The van der Waals surface area contributed by atoms with Gasteiger partial charge in [0.15, 0.2) is 0 Å². The van der Waals surface area contributed by atoms with E-state index in [9.17, 15) is 9.59 Å². The summed E-state index contributed by atoms with van der Waals surface area (Å²) in [6.07, 6.45) is 19.7. The molecule has 0 aliphatic heterocycles. The lowest BCUT2D eigenvalue weighted by Gasteiger charge is -2.04. The Kier molecular flexibility index (Phi) is 21.0. The van der Waals surface area contributed by atoms with Crippen molar-refractivity contribution in [2.45, 2.75) is 192 Å². The van der Waals surface area contributed by atoms with Crippen LogP contribution >= 0.6 is 0 Å². The van der Waals surface area contributed by atoms with Gasteiger partial charge >= 0.3 is 11.9 Å². The summed E-state index contributed by atoms with van der Waals surface area (Å²) in [5.74, 6) is -3.08. The molecular weight excluding hydrogens is 496 g/mol. The highest BCUT2D eigenvalue weighted by Crippen LogP contribution is 2.16. The van der Waals surface area contributed by atoms with E-state index in [4.69, 9.17) is 22.5 Å². The molecule has 0 saturated heterocycles. The molecule has 0 aliphatic carbocycles. The summed E-state index contributed by atoms with van der Waals surface area (Å²) in [5.41, 5.74) is 0. The van der Waals surface area contributed by atoms with Gasteiger partial charge in [-0.25, -0.2) is 4.79 Å². The van der Waals surface area contributed by atoms with Crippen LogP contribution in [0, 0.1) is 0 Å². The van der Waals surface area contributed by atoms with Crippen LogP contribution in [0.15, 0.2) is 24.3 Å². The van der Waals surface area contributed by atoms with Crippen molar-refractivity contribution in [2.24, 2.45) is 0 Å². The Hall–Kier alpha value is -1.58. The van der Waals surface area contributed by atoms with E-state index >= 15 is 0 Å². The van der Waals surface area contributed by atoms with E-state index in [2.05, 4.69) is 0 Å². The molecule has 234 valence electrons. The second kappa shape index (κ2) is 33.6. The Balaban J connectivity index is 3.67. The van der Waals surface area contributed by atoms with Crippen LogP contribution in [0.1, 0.15) is 205 Å². The van der Waals surface area contributed by atoms with Crippen LogP contribution < -0.4 is 0 Å². The zero-order valence-corrected chi connectivity index (χ0v) is 25.3. The Labute approximate surface area is 261 Å². The molecule has 0 aliphatic rings. The van der Waals surface area contributed by atoms with Gasteiger partial charge in [0, 0.05) is 24.8 Å². The molecule has 1 atom stereocenters. The van der Waals surface area contributed by atoms with Crippen LogP contribution in [0.2, 0.25) is 0 Å². The predicted molar refractivity (Wildman–Crippen MR) is 172 cm³/mol. The highest BCUT2D eigenvalue weighted by atomic mass is 16.4. The molecule has 0 fully saturated rings. The largest absolute Gasteiger partial charge is 0.481 e. The molecule has 2 N–H and O–H groups in total. The highest BCUT2D eigenvalue weighted by molar-refractivity contribution is 5.79. The summed E-state index contributed by atoms with van der Waals surface area (Å²) >= 11 is 0. The van der Waals surface area contributed by atoms with E-state index in [0.717, 1.165) is 32.1 Å². The molecule has 1 unspecified atom stereocenters. The lowest BCUT2D eigenvalue weighted by molar-refractivity contribution is -0.137. The fourth-order valence-corrected chi connectivity index (χ4v) is 4.73. The van der Waals surface area contributed by atoms with Crippen LogP contribution in [0.4, 0.5) is 0 Å². The molecular formula is C36H66O4. The smallest absolute Gasteiger partial charge is 0.327 e. The number of allylic oxidation sites excluding steroid dienone is 3.